The third kappa shape index (κ3) is 3.69. The zero-order chi connectivity index (χ0) is 12.1. The molecule has 2 rings (SSSR count). The SMILES string of the molecule is CSc1ccc(CCN2CCNCC2)c(F)c1. The Morgan fingerprint density at radius 1 is 1.35 bits per heavy atom. The van der Waals surface area contributed by atoms with E-state index in [0.29, 0.717) is 0 Å². The van der Waals surface area contributed by atoms with E-state index in [0.717, 1.165) is 49.6 Å². The largest absolute Gasteiger partial charge is 0.314 e. The molecule has 0 saturated carbocycles. The number of halogens is 1. The van der Waals surface area contributed by atoms with E-state index in [1.54, 1.807) is 17.8 Å². The second-order valence-corrected chi connectivity index (χ2v) is 5.18. The van der Waals surface area contributed by atoms with E-state index < -0.39 is 0 Å². The molecule has 4 heteroatoms. The molecule has 1 saturated heterocycles. The molecule has 0 aromatic heterocycles. The van der Waals surface area contributed by atoms with Gasteiger partial charge in [-0.05, 0) is 30.4 Å². The molecule has 1 heterocycles. The Hall–Kier alpha value is -0.580. The first kappa shape index (κ1) is 12.9. The lowest BCUT2D eigenvalue weighted by atomic mass is 10.1. The molecule has 1 fully saturated rings. The van der Waals surface area contributed by atoms with Crippen LogP contribution in [0.1, 0.15) is 5.56 Å². The van der Waals surface area contributed by atoms with Crippen LogP contribution < -0.4 is 5.32 Å². The molecule has 0 unspecified atom stereocenters. The highest BCUT2D eigenvalue weighted by molar-refractivity contribution is 7.98. The third-order valence-corrected chi connectivity index (χ3v) is 3.89. The Morgan fingerprint density at radius 3 is 2.76 bits per heavy atom. The van der Waals surface area contributed by atoms with Crippen molar-refractivity contribution in [1.82, 2.24) is 10.2 Å². The normalized spacial score (nSPS) is 17.3. The molecule has 94 valence electrons. The molecule has 2 nitrogen and oxygen atoms in total. The van der Waals surface area contributed by atoms with Crippen molar-refractivity contribution < 1.29 is 4.39 Å². The molecule has 1 N–H and O–H groups in total. The molecule has 1 aliphatic heterocycles. The summed E-state index contributed by atoms with van der Waals surface area (Å²) in [4.78, 5) is 3.38. The van der Waals surface area contributed by atoms with Crippen molar-refractivity contribution in [1.29, 1.82) is 0 Å². The van der Waals surface area contributed by atoms with Gasteiger partial charge in [-0.15, -0.1) is 11.8 Å². The van der Waals surface area contributed by atoms with Gasteiger partial charge < -0.3 is 10.2 Å². The van der Waals surface area contributed by atoms with Gasteiger partial charge in [0.1, 0.15) is 5.82 Å². The van der Waals surface area contributed by atoms with E-state index in [9.17, 15) is 4.39 Å². The van der Waals surface area contributed by atoms with Crippen LogP contribution in [-0.4, -0.2) is 43.9 Å². The topological polar surface area (TPSA) is 15.3 Å². The van der Waals surface area contributed by atoms with Gasteiger partial charge in [-0.25, -0.2) is 4.39 Å². The summed E-state index contributed by atoms with van der Waals surface area (Å²) in [7, 11) is 0. The number of hydrogen-bond acceptors (Lipinski definition) is 3. The lowest BCUT2D eigenvalue weighted by Gasteiger charge is -2.27. The molecule has 0 bridgehead atoms. The predicted molar refractivity (Wildman–Crippen MR) is 71.2 cm³/mol. The van der Waals surface area contributed by atoms with Gasteiger partial charge in [0.05, 0.1) is 0 Å². The molecule has 0 aliphatic carbocycles. The van der Waals surface area contributed by atoms with Gasteiger partial charge in [0.25, 0.3) is 0 Å². The van der Waals surface area contributed by atoms with E-state index in [1.807, 2.05) is 18.4 Å². The number of thioether (sulfide) groups is 1. The molecule has 0 atom stereocenters. The van der Waals surface area contributed by atoms with Gasteiger partial charge in [0.15, 0.2) is 0 Å². The Balaban J connectivity index is 1.89. The van der Waals surface area contributed by atoms with Crippen LogP contribution >= 0.6 is 11.8 Å². The van der Waals surface area contributed by atoms with Crippen LogP contribution in [0.25, 0.3) is 0 Å². The number of hydrogen-bond donors (Lipinski definition) is 1. The van der Waals surface area contributed by atoms with Gasteiger partial charge in [0.2, 0.25) is 0 Å². The van der Waals surface area contributed by atoms with Crippen LogP contribution in [0.3, 0.4) is 0 Å². The highest BCUT2D eigenvalue weighted by atomic mass is 32.2. The van der Waals surface area contributed by atoms with Crippen molar-refractivity contribution in [2.45, 2.75) is 11.3 Å². The highest BCUT2D eigenvalue weighted by Gasteiger charge is 2.10. The number of nitrogens with zero attached hydrogens (tertiary/aromatic N) is 1. The zero-order valence-electron chi connectivity index (χ0n) is 10.2. The maximum atomic E-state index is 13.7. The fraction of sp³-hybridized carbons (Fsp3) is 0.538. The minimum Gasteiger partial charge on any atom is -0.314 e. The third-order valence-electron chi connectivity index (χ3n) is 3.17. The van der Waals surface area contributed by atoms with Gasteiger partial charge in [0, 0.05) is 37.6 Å². The smallest absolute Gasteiger partial charge is 0.127 e. The first-order valence-electron chi connectivity index (χ1n) is 6.05. The summed E-state index contributed by atoms with van der Waals surface area (Å²) in [6.45, 7) is 5.20. The summed E-state index contributed by atoms with van der Waals surface area (Å²) in [5, 5.41) is 3.32. The van der Waals surface area contributed by atoms with E-state index in [1.165, 1.54) is 0 Å². The Kier molecular flexibility index (Phi) is 4.83. The average Bonchev–Trinajstić information content (AvgIpc) is 2.38. The average molecular weight is 254 g/mol. The van der Waals surface area contributed by atoms with E-state index in [-0.39, 0.29) is 5.82 Å². The van der Waals surface area contributed by atoms with Crippen LogP contribution in [0.15, 0.2) is 23.1 Å². The fourth-order valence-electron chi connectivity index (χ4n) is 2.07. The number of benzene rings is 1. The van der Waals surface area contributed by atoms with Crippen LogP contribution in [0, 0.1) is 5.82 Å². The highest BCUT2D eigenvalue weighted by Crippen LogP contribution is 2.18. The quantitative estimate of drug-likeness (QED) is 0.827. The van der Waals surface area contributed by atoms with Crippen LogP contribution in [0.5, 0.6) is 0 Å². The fourth-order valence-corrected chi connectivity index (χ4v) is 2.50. The summed E-state index contributed by atoms with van der Waals surface area (Å²) in [5.41, 5.74) is 0.835. The van der Waals surface area contributed by atoms with Crippen molar-refractivity contribution >= 4 is 11.8 Å². The van der Waals surface area contributed by atoms with Crippen molar-refractivity contribution in [3.63, 3.8) is 0 Å². The van der Waals surface area contributed by atoms with Crippen molar-refractivity contribution in [2.75, 3.05) is 39.0 Å². The number of piperazine rings is 1. The summed E-state index contributed by atoms with van der Waals surface area (Å²) in [6, 6.07) is 5.56. The summed E-state index contributed by atoms with van der Waals surface area (Å²) >= 11 is 1.58. The lowest BCUT2D eigenvalue weighted by Crippen LogP contribution is -2.44. The minimum absolute atomic E-state index is 0.0630. The van der Waals surface area contributed by atoms with E-state index in [2.05, 4.69) is 10.2 Å². The Morgan fingerprint density at radius 2 is 2.12 bits per heavy atom. The molecule has 1 aromatic carbocycles. The van der Waals surface area contributed by atoms with Gasteiger partial charge in [-0.1, -0.05) is 6.07 Å². The second-order valence-electron chi connectivity index (χ2n) is 4.30. The molecular weight excluding hydrogens is 235 g/mol. The second kappa shape index (κ2) is 6.38. The van der Waals surface area contributed by atoms with Crippen molar-refractivity contribution in [3.05, 3.63) is 29.6 Å². The first-order valence-corrected chi connectivity index (χ1v) is 7.27. The van der Waals surface area contributed by atoms with Crippen LogP contribution in [0.4, 0.5) is 4.39 Å². The van der Waals surface area contributed by atoms with Gasteiger partial charge in [-0.2, -0.15) is 0 Å². The Bertz CT molecular complexity index is 364. The van der Waals surface area contributed by atoms with Crippen molar-refractivity contribution in [2.24, 2.45) is 0 Å². The van der Waals surface area contributed by atoms with Gasteiger partial charge >= 0.3 is 0 Å². The summed E-state index contributed by atoms with van der Waals surface area (Å²) in [5.74, 6) is -0.0630. The molecule has 0 spiro atoms. The van der Waals surface area contributed by atoms with Crippen molar-refractivity contribution in [3.8, 4) is 0 Å². The molecule has 0 amide bonds. The lowest BCUT2D eigenvalue weighted by molar-refractivity contribution is 0.243. The molecule has 1 aromatic rings. The number of nitrogens with one attached hydrogen (secondary N) is 1. The Labute approximate surface area is 107 Å². The summed E-state index contributed by atoms with van der Waals surface area (Å²) < 4.78 is 13.7. The monoisotopic (exact) mass is 254 g/mol. The maximum Gasteiger partial charge on any atom is 0.127 e. The van der Waals surface area contributed by atoms with E-state index in [4.69, 9.17) is 0 Å². The predicted octanol–water partition coefficient (Wildman–Crippen LogP) is 2.00. The minimum atomic E-state index is -0.0630. The summed E-state index contributed by atoms with van der Waals surface area (Å²) in [6.07, 6.45) is 2.77. The number of rotatable bonds is 4. The molecule has 17 heavy (non-hydrogen) atoms. The van der Waals surface area contributed by atoms with Gasteiger partial charge in [-0.3, -0.25) is 0 Å². The standard InChI is InChI=1S/C13H19FN2S/c1-17-12-3-2-11(13(14)10-12)4-7-16-8-5-15-6-9-16/h2-3,10,15H,4-9H2,1H3. The van der Waals surface area contributed by atoms with Crippen LogP contribution in [-0.2, 0) is 6.42 Å². The van der Waals surface area contributed by atoms with Crippen LogP contribution in [0.2, 0.25) is 0 Å². The zero-order valence-corrected chi connectivity index (χ0v) is 11.0. The van der Waals surface area contributed by atoms with E-state index >= 15 is 0 Å². The first-order chi connectivity index (χ1) is 8.29. The molecule has 1 aliphatic rings. The molecular formula is C13H19FN2S. The molecule has 0 radical (unpaired) electrons. The maximum absolute atomic E-state index is 13.7.